The Labute approximate surface area is 152 Å². The van der Waals surface area contributed by atoms with Crippen molar-refractivity contribution in [2.24, 2.45) is 7.05 Å². The number of piperazine rings is 1. The molecule has 0 amide bonds. The molecule has 0 aliphatic carbocycles. The Morgan fingerprint density at radius 3 is 2.69 bits per heavy atom. The highest BCUT2D eigenvalue weighted by Gasteiger charge is 2.36. The molecule has 7 heteroatoms. The van der Waals surface area contributed by atoms with Gasteiger partial charge in [0.25, 0.3) is 0 Å². The molecule has 6 nitrogen and oxygen atoms in total. The lowest BCUT2D eigenvalue weighted by atomic mass is 9.99. The summed E-state index contributed by atoms with van der Waals surface area (Å²) in [5.41, 5.74) is 1.56. The molecule has 0 spiro atoms. The van der Waals surface area contributed by atoms with Crippen LogP contribution in [-0.2, 0) is 7.05 Å². The van der Waals surface area contributed by atoms with Crippen LogP contribution >= 0.6 is 0 Å². The van der Waals surface area contributed by atoms with E-state index in [1.807, 2.05) is 11.9 Å². The maximum absolute atomic E-state index is 15.1. The van der Waals surface area contributed by atoms with Crippen LogP contribution in [-0.4, -0.2) is 60.3 Å². The molecule has 2 atom stereocenters. The van der Waals surface area contributed by atoms with Gasteiger partial charge in [0, 0.05) is 45.8 Å². The van der Waals surface area contributed by atoms with Crippen molar-refractivity contribution in [2.75, 3.05) is 43.5 Å². The lowest BCUT2D eigenvalue weighted by Gasteiger charge is -2.47. The van der Waals surface area contributed by atoms with Crippen molar-refractivity contribution < 1.29 is 4.39 Å². The third-order valence-corrected chi connectivity index (χ3v) is 5.86. The average Bonchev–Trinajstić information content (AvgIpc) is 2.56. The lowest BCUT2D eigenvalue weighted by molar-refractivity contribution is 0.226. The Balaban J connectivity index is 2.12. The number of benzene rings is 1. The van der Waals surface area contributed by atoms with E-state index in [1.165, 1.54) is 4.57 Å². The van der Waals surface area contributed by atoms with E-state index in [2.05, 4.69) is 28.8 Å². The van der Waals surface area contributed by atoms with E-state index in [1.54, 1.807) is 20.0 Å². The van der Waals surface area contributed by atoms with E-state index < -0.39 is 0 Å². The number of hydrogen-bond donors (Lipinski definition) is 0. The molecule has 0 N–H and O–H groups in total. The highest BCUT2D eigenvalue weighted by molar-refractivity contribution is 6.01. The standard InChI is InChI=1S/C19H26FN5O/c1-11-8-14-15-17(16(11)20)23(4)7-6-13-10-22(3)9-12(2)25(13)18(15)21-19(26)24(14)5/h8,12-13H,6-7,9-10H2,1-5H3. The number of nitrogens with zero attached hydrogens (tertiary/aromatic N) is 5. The zero-order valence-corrected chi connectivity index (χ0v) is 16.1. The molecule has 1 saturated heterocycles. The van der Waals surface area contributed by atoms with Crippen molar-refractivity contribution >= 4 is 22.4 Å². The second kappa shape index (κ2) is 5.94. The fourth-order valence-electron chi connectivity index (χ4n) is 4.60. The van der Waals surface area contributed by atoms with Gasteiger partial charge in [-0.3, -0.25) is 4.57 Å². The van der Waals surface area contributed by atoms with Crippen LogP contribution in [0.3, 0.4) is 0 Å². The van der Waals surface area contributed by atoms with Crippen LogP contribution in [0.15, 0.2) is 10.9 Å². The van der Waals surface area contributed by atoms with Crippen molar-refractivity contribution in [3.63, 3.8) is 0 Å². The van der Waals surface area contributed by atoms with Crippen LogP contribution in [0.4, 0.5) is 15.9 Å². The molecule has 1 fully saturated rings. The molecule has 3 heterocycles. The van der Waals surface area contributed by atoms with Crippen molar-refractivity contribution in [3.05, 3.63) is 27.9 Å². The molecule has 2 aliphatic heterocycles. The fourth-order valence-corrected chi connectivity index (χ4v) is 4.60. The first-order valence-corrected chi connectivity index (χ1v) is 9.17. The SMILES string of the molecule is Cc1cc2c3c(nc(=O)n2C)N2C(C)CN(C)CC2CCN(C)c3c1F. The smallest absolute Gasteiger partial charge is 0.349 e. The van der Waals surface area contributed by atoms with E-state index in [0.717, 1.165) is 37.0 Å². The van der Waals surface area contributed by atoms with Crippen molar-refractivity contribution in [2.45, 2.75) is 32.4 Å². The molecular weight excluding hydrogens is 333 g/mol. The van der Waals surface area contributed by atoms with Crippen LogP contribution in [0.5, 0.6) is 0 Å². The zero-order chi connectivity index (χ0) is 18.7. The van der Waals surface area contributed by atoms with Gasteiger partial charge < -0.3 is 14.7 Å². The van der Waals surface area contributed by atoms with E-state index >= 15 is 4.39 Å². The summed E-state index contributed by atoms with van der Waals surface area (Å²) < 4.78 is 16.7. The number of hydrogen-bond acceptors (Lipinski definition) is 5. The molecule has 1 aromatic heterocycles. The average molecular weight is 359 g/mol. The lowest BCUT2D eigenvalue weighted by Crippen LogP contribution is -2.58. The molecule has 140 valence electrons. The highest BCUT2D eigenvalue weighted by Crippen LogP contribution is 2.40. The van der Waals surface area contributed by atoms with E-state index in [-0.39, 0.29) is 23.6 Å². The Bertz CT molecular complexity index is 940. The van der Waals surface area contributed by atoms with Gasteiger partial charge in [0.15, 0.2) is 0 Å². The minimum Gasteiger partial charge on any atom is -0.371 e. The highest BCUT2D eigenvalue weighted by atomic mass is 19.1. The predicted molar refractivity (Wildman–Crippen MR) is 103 cm³/mol. The Morgan fingerprint density at radius 2 is 1.96 bits per heavy atom. The van der Waals surface area contributed by atoms with Gasteiger partial charge in [0.2, 0.25) is 0 Å². The minimum absolute atomic E-state index is 0.210. The van der Waals surface area contributed by atoms with Crippen LogP contribution < -0.4 is 15.5 Å². The van der Waals surface area contributed by atoms with Crippen molar-refractivity contribution in [1.82, 2.24) is 14.5 Å². The summed E-state index contributed by atoms with van der Waals surface area (Å²) >= 11 is 0. The molecule has 0 bridgehead atoms. The second-order valence-corrected chi connectivity index (χ2v) is 7.87. The third-order valence-electron chi connectivity index (χ3n) is 5.86. The maximum Gasteiger partial charge on any atom is 0.349 e. The monoisotopic (exact) mass is 359 g/mol. The van der Waals surface area contributed by atoms with Crippen LogP contribution in [0.1, 0.15) is 18.9 Å². The van der Waals surface area contributed by atoms with E-state index in [4.69, 9.17) is 0 Å². The summed E-state index contributed by atoms with van der Waals surface area (Å²) in [4.78, 5) is 23.6. The molecular formula is C19H26FN5O. The topological polar surface area (TPSA) is 44.6 Å². The van der Waals surface area contributed by atoms with Gasteiger partial charge in [-0.2, -0.15) is 4.98 Å². The van der Waals surface area contributed by atoms with Crippen LogP contribution in [0, 0.1) is 12.7 Å². The van der Waals surface area contributed by atoms with Gasteiger partial charge in [-0.05, 0) is 38.9 Å². The molecule has 1 aromatic carbocycles. The minimum atomic E-state index is -0.294. The number of aryl methyl sites for hydroxylation is 2. The first-order chi connectivity index (χ1) is 12.3. The summed E-state index contributed by atoms with van der Waals surface area (Å²) in [6, 6.07) is 2.24. The molecule has 4 rings (SSSR count). The number of aromatic nitrogens is 2. The van der Waals surface area contributed by atoms with E-state index in [0.29, 0.717) is 17.1 Å². The first kappa shape index (κ1) is 17.3. The third kappa shape index (κ3) is 2.40. The van der Waals surface area contributed by atoms with Gasteiger partial charge in [0.05, 0.1) is 16.6 Å². The summed E-state index contributed by atoms with van der Waals surface area (Å²) in [5, 5.41) is 0.749. The zero-order valence-electron chi connectivity index (χ0n) is 16.1. The van der Waals surface area contributed by atoms with Gasteiger partial charge >= 0.3 is 5.69 Å². The number of halogens is 1. The quantitative estimate of drug-likeness (QED) is 0.717. The fraction of sp³-hybridized carbons (Fsp3) is 0.579. The predicted octanol–water partition coefficient (Wildman–Crippen LogP) is 1.73. The number of likely N-dealkylation sites (N-methyl/N-ethyl adjacent to an activating group) is 1. The number of rotatable bonds is 0. The van der Waals surface area contributed by atoms with Gasteiger partial charge in [0.1, 0.15) is 11.6 Å². The molecule has 2 aromatic rings. The summed E-state index contributed by atoms with van der Waals surface area (Å²) in [6.07, 6.45) is 0.899. The van der Waals surface area contributed by atoms with Crippen LogP contribution in [0.2, 0.25) is 0 Å². The number of anilines is 2. The normalized spacial score (nSPS) is 23.8. The van der Waals surface area contributed by atoms with Crippen molar-refractivity contribution in [1.29, 1.82) is 0 Å². The molecule has 2 aliphatic rings. The second-order valence-electron chi connectivity index (χ2n) is 7.87. The molecule has 0 saturated carbocycles. The van der Waals surface area contributed by atoms with Crippen LogP contribution in [0.25, 0.3) is 10.9 Å². The first-order valence-electron chi connectivity index (χ1n) is 9.17. The van der Waals surface area contributed by atoms with Gasteiger partial charge in [-0.1, -0.05) is 0 Å². The van der Waals surface area contributed by atoms with E-state index in [9.17, 15) is 4.79 Å². The molecule has 2 unspecified atom stereocenters. The Hall–Kier alpha value is -2.15. The Kier molecular flexibility index (Phi) is 3.95. The number of fused-ring (bicyclic) bond motifs is 2. The van der Waals surface area contributed by atoms with Gasteiger partial charge in [-0.25, -0.2) is 9.18 Å². The Morgan fingerprint density at radius 1 is 1.23 bits per heavy atom. The van der Waals surface area contributed by atoms with Crippen molar-refractivity contribution in [3.8, 4) is 0 Å². The summed E-state index contributed by atoms with van der Waals surface area (Å²) in [7, 11) is 5.76. The molecule has 0 radical (unpaired) electrons. The molecule has 26 heavy (non-hydrogen) atoms. The summed E-state index contributed by atoms with van der Waals surface area (Å²) in [5.74, 6) is 0.413. The van der Waals surface area contributed by atoms with Gasteiger partial charge in [-0.15, -0.1) is 0 Å². The largest absolute Gasteiger partial charge is 0.371 e. The maximum atomic E-state index is 15.1. The summed E-state index contributed by atoms with van der Waals surface area (Å²) in [6.45, 7) is 6.49.